The first-order valence-electron chi connectivity index (χ1n) is 6.05. The SMILES string of the molecule is C[C@@H]1NC1C(I)C(=O)OC(C)(C)C(O)(C(F)(F)F)C(F)(F)F. The van der Waals surface area contributed by atoms with Crippen LogP contribution in [0, 0.1) is 0 Å². The molecule has 1 aliphatic rings. The number of halogens is 7. The van der Waals surface area contributed by atoms with Crippen molar-refractivity contribution in [2.24, 2.45) is 0 Å². The summed E-state index contributed by atoms with van der Waals surface area (Å²) in [6.07, 6.45) is -12.1. The van der Waals surface area contributed by atoms with E-state index in [0.717, 1.165) is 0 Å². The Labute approximate surface area is 135 Å². The maximum absolute atomic E-state index is 12.8. The Bertz CT molecular complexity index is 436. The highest BCUT2D eigenvalue weighted by Crippen LogP contribution is 2.50. The largest absolute Gasteiger partial charge is 0.455 e. The summed E-state index contributed by atoms with van der Waals surface area (Å²) in [5, 5.41) is 12.1. The van der Waals surface area contributed by atoms with Gasteiger partial charge in [0, 0.05) is 12.1 Å². The van der Waals surface area contributed by atoms with E-state index in [1.54, 1.807) is 29.5 Å². The first kappa shape index (κ1) is 19.7. The molecule has 4 nitrogen and oxygen atoms in total. The molecule has 22 heavy (non-hydrogen) atoms. The summed E-state index contributed by atoms with van der Waals surface area (Å²) in [4.78, 5) is 11.8. The smallest absolute Gasteiger partial charge is 0.430 e. The molecule has 130 valence electrons. The standard InChI is InChI=1S/C11H14F6INO3/c1-4-6(19-4)5(18)7(20)22-8(2,3)9(21,10(12,13)14)11(15,16)17/h4-6,19,21H,1-3H3/t4-,5?,6?/m0/s1. The first-order chi connectivity index (χ1) is 9.56. The summed E-state index contributed by atoms with van der Waals surface area (Å²) < 4.78 is 80.2. The van der Waals surface area contributed by atoms with Crippen LogP contribution in [0.5, 0.6) is 0 Å². The van der Waals surface area contributed by atoms with E-state index in [4.69, 9.17) is 0 Å². The van der Waals surface area contributed by atoms with E-state index in [0.29, 0.717) is 13.8 Å². The molecule has 0 saturated carbocycles. The van der Waals surface area contributed by atoms with E-state index in [9.17, 15) is 36.2 Å². The minimum absolute atomic E-state index is 0.0957. The zero-order valence-corrected chi connectivity index (χ0v) is 13.8. The molecule has 0 radical (unpaired) electrons. The van der Waals surface area contributed by atoms with Gasteiger partial charge in [-0.2, -0.15) is 26.3 Å². The van der Waals surface area contributed by atoms with Gasteiger partial charge in [0.25, 0.3) is 5.60 Å². The van der Waals surface area contributed by atoms with Crippen molar-refractivity contribution in [2.45, 2.75) is 60.3 Å². The lowest BCUT2D eigenvalue weighted by molar-refractivity contribution is -0.407. The summed E-state index contributed by atoms with van der Waals surface area (Å²) >= 11 is 1.56. The number of ether oxygens (including phenoxy) is 1. The third kappa shape index (κ3) is 3.30. The van der Waals surface area contributed by atoms with Crippen LogP contribution in [0.25, 0.3) is 0 Å². The van der Waals surface area contributed by atoms with Crippen LogP contribution < -0.4 is 5.32 Å². The van der Waals surface area contributed by atoms with Gasteiger partial charge in [-0.1, -0.05) is 22.6 Å². The van der Waals surface area contributed by atoms with Crippen LogP contribution in [-0.2, 0) is 9.53 Å². The Morgan fingerprint density at radius 3 is 1.82 bits per heavy atom. The summed E-state index contributed by atoms with van der Waals surface area (Å²) in [6, 6.07) is -0.490. The van der Waals surface area contributed by atoms with Crippen molar-refractivity contribution in [3.8, 4) is 0 Å². The second kappa shape index (κ2) is 5.65. The Morgan fingerprint density at radius 1 is 1.18 bits per heavy atom. The Kier molecular flexibility index (Phi) is 5.07. The number of esters is 1. The van der Waals surface area contributed by atoms with Crippen LogP contribution in [0.4, 0.5) is 26.3 Å². The average molecular weight is 449 g/mol. The molecule has 0 aromatic heterocycles. The summed E-state index contributed by atoms with van der Waals surface area (Å²) in [6.45, 7) is 2.44. The van der Waals surface area contributed by atoms with Crippen molar-refractivity contribution in [3.63, 3.8) is 0 Å². The van der Waals surface area contributed by atoms with Gasteiger partial charge in [-0.3, -0.25) is 4.79 Å². The fraction of sp³-hybridized carbons (Fsp3) is 0.909. The van der Waals surface area contributed by atoms with Crippen LogP contribution in [0.15, 0.2) is 0 Å². The van der Waals surface area contributed by atoms with Crippen LogP contribution >= 0.6 is 22.6 Å². The fourth-order valence-corrected chi connectivity index (χ4v) is 2.92. The predicted molar refractivity (Wildman–Crippen MR) is 71.4 cm³/mol. The van der Waals surface area contributed by atoms with Crippen molar-refractivity contribution in [3.05, 3.63) is 0 Å². The van der Waals surface area contributed by atoms with Gasteiger partial charge in [0.1, 0.15) is 3.92 Å². The highest BCUT2D eigenvalue weighted by molar-refractivity contribution is 14.1. The second-order valence-corrected chi connectivity index (χ2v) is 6.86. The topological polar surface area (TPSA) is 68.5 Å². The second-order valence-electron chi connectivity index (χ2n) is 5.52. The van der Waals surface area contributed by atoms with Crippen molar-refractivity contribution in [1.29, 1.82) is 0 Å². The van der Waals surface area contributed by atoms with Gasteiger partial charge >= 0.3 is 18.3 Å². The van der Waals surface area contributed by atoms with Crippen molar-refractivity contribution < 1.29 is 41.0 Å². The predicted octanol–water partition coefficient (Wildman–Crippen LogP) is 2.33. The Balaban J connectivity index is 3.06. The summed E-state index contributed by atoms with van der Waals surface area (Å²) in [7, 11) is 0. The molecule has 0 aromatic rings. The lowest BCUT2D eigenvalue weighted by atomic mass is 9.84. The molecule has 2 unspecified atom stereocenters. The third-order valence-corrected chi connectivity index (χ3v) is 4.76. The van der Waals surface area contributed by atoms with Crippen LogP contribution in [-0.4, -0.2) is 50.6 Å². The molecule has 1 rings (SSSR count). The van der Waals surface area contributed by atoms with E-state index in [2.05, 4.69) is 10.1 Å². The molecule has 1 heterocycles. The molecule has 0 amide bonds. The average Bonchev–Trinajstić information content (AvgIpc) is 3.00. The number of carbonyl (C=O) groups is 1. The molecular formula is C11H14F6INO3. The lowest BCUT2D eigenvalue weighted by Gasteiger charge is -2.43. The minimum atomic E-state index is -6.07. The lowest BCUT2D eigenvalue weighted by Crippen LogP contribution is -2.70. The molecule has 3 atom stereocenters. The van der Waals surface area contributed by atoms with E-state index in [1.807, 2.05) is 0 Å². The molecule has 0 aliphatic carbocycles. The maximum Gasteiger partial charge on any atom is 0.430 e. The van der Waals surface area contributed by atoms with Gasteiger partial charge in [0.15, 0.2) is 5.60 Å². The molecule has 1 saturated heterocycles. The van der Waals surface area contributed by atoms with Gasteiger partial charge < -0.3 is 15.2 Å². The number of carbonyl (C=O) groups excluding carboxylic acids is 1. The van der Waals surface area contributed by atoms with E-state index in [-0.39, 0.29) is 6.04 Å². The summed E-state index contributed by atoms with van der Waals surface area (Å²) in [5.74, 6) is -1.26. The van der Waals surface area contributed by atoms with E-state index in [1.165, 1.54) is 0 Å². The molecule has 11 heteroatoms. The van der Waals surface area contributed by atoms with Crippen LogP contribution in [0.1, 0.15) is 20.8 Å². The van der Waals surface area contributed by atoms with E-state index >= 15 is 0 Å². The van der Waals surface area contributed by atoms with Crippen molar-refractivity contribution >= 4 is 28.6 Å². The van der Waals surface area contributed by atoms with Gasteiger partial charge in [-0.05, 0) is 20.8 Å². The molecule has 0 aromatic carbocycles. The molecule has 1 aliphatic heterocycles. The molecule has 2 N–H and O–H groups in total. The highest BCUT2D eigenvalue weighted by Gasteiger charge is 2.78. The zero-order chi connectivity index (χ0) is 17.7. The van der Waals surface area contributed by atoms with Crippen LogP contribution in [0.2, 0.25) is 0 Å². The number of rotatable bonds is 4. The third-order valence-electron chi connectivity index (χ3n) is 3.47. The van der Waals surface area contributed by atoms with Gasteiger partial charge in [0.2, 0.25) is 0 Å². The fourth-order valence-electron chi connectivity index (χ4n) is 1.96. The molecule has 0 spiro atoms. The monoisotopic (exact) mass is 449 g/mol. The Morgan fingerprint density at radius 2 is 1.55 bits per heavy atom. The number of nitrogens with one attached hydrogen (secondary N) is 1. The van der Waals surface area contributed by atoms with Crippen molar-refractivity contribution in [2.75, 3.05) is 0 Å². The van der Waals surface area contributed by atoms with Gasteiger partial charge in [-0.15, -0.1) is 0 Å². The highest BCUT2D eigenvalue weighted by atomic mass is 127. The maximum atomic E-state index is 12.8. The quantitative estimate of drug-likeness (QED) is 0.228. The van der Waals surface area contributed by atoms with Gasteiger partial charge in [0.05, 0.1) is 0 Å². The number of alkyl halides is 7. The van der Waals surface area contributed by atoms with Gasteiger partial charge in [-0.25, -0.2) is 0 Å². The number of hydrogen-bond donors (Lipinski definition) is 2. The zero-order valence-electron chi connectivity index (χ0n) is 11.6. The van der Waals surface area contributed by atoms with E-state index < -0.39 is 39.5 Å². The first-order valence-corrected chi connectivity index (χ1v) is 7.29. The summed E-state index contributed by atoms with van der Waals surface area (Å²) in [5.41, 5.74) is -8.43. The Hall–Kier alpha value is -0.300. The molecule has 1 fully saturated rings. The van der Waals surface area contributed by atoms with Crippen molar-refractivity contribution in [1.82, 2.24) is 5.32 Å². The number of hydrogen-bond acceptors (Lipinski definition) is 4. The van der Waals surface area contributed by atoms with Crippen LogP contribution in [0.3, 0.4) is 0 Å². The molecule has 0 bridgehead atoms. The minimum Gasteiger partial charge on any atom is -0.455 e. The molecular weight excluding hydrogens is 435 g/mol. The number of aliphatic hydroxyl groups is 1. The normalized spacial score (nSPS) is 24.9.